The van der Waals surface area contributed by atoms with Crippen molar-refractivity contribution in [2.45, 2.75) is 37.5 Å². The molecule has 19 heavy (non-hydrogen) atoms. The van der Waals surface area contributed by atoms with Gasteiger partial charge in [-0.25, -0.2) is 4.39 Å². The van der Waals surface area contributed by atoms with Crippen LogP contribution in [0.2, 0.25) is 0 Å². The Balaban J connectivity index is 1.81. The van der Waals surface area contributed by atoms with E-state index >= 15 is 0 Å². The molecule has 2 unspecified atom stereocenters. The standard InChI is InChI=1S/C14H17FN2OS/c1-8-4-10(7-19-8)16-13-6-12-9(5-11(13)15)2-3-14(18)17-12/h5-6,8,10,16H,2-4,7H2,1H3,(H,17,18). The van der Waals surface area contributed by atoms with Crippen LogP contribution in [0.3, 0.4) is 0 Å². The van der Waals surface area contributed by atoms with Crippen LogP contribution in [0.5, 0.6) is 0 Å². The number of benzene rings is 1. The lowest BCUT2D eigenvalue weighted by molar-refractivity contribution is -0.116. The van der Waals surface area contributed by atoms with E-state index in [4.69, 9.17) is 0 Å². The van der Waals surface area contributed by atoms with Gasteiger partial charge in [0.25, 0.3) is 0 Å². The maximum absolute atomic E-state index is 14.0. The van der Waals surface area contributed by atoms with Gasteiger partial charge in [0.15, 0.2) is 0 Å². The minimum Gasteiger partial charge on any atom is -0.379 e. The van der Waals surface area contributed by atoms with E-state index in [1.165, 1.54) is 0 Å². The first-order valence-corrected chi connectivity index (χ1v) is 7.67. The van der Waals surface area contributed by atoms with Crippen LogP contribution in [-0.4, -0.2) is 23.0 Å². The fraction of sp³-hybridized carbons (Fsp3) is 0.500. The summed E-state index contributed by atoms with van der Waals surface area (Å²) in [6.07, 6.45) is 2.11. The van der Waals surface area contributed by atoms with Gasteiger partial charge in [-0.1, -0.05) is 6.92 Å². The second-order valence-electron chi connectivity index (χ2n) is 5.26. The van der Waals surface area contributed by atoms with E-state index in [1.807, 2.05) is 11.8 Å². The van der Waals surface area contributed by atoms with Gasteiger partial charge in [-0.3, -0.25) is 4.79 Å². The lowest BCUT2D eigenvalue weighted by Crippen LogP contribution is -2.22. The van der Waals surface area contributed by atoms with Crippen LogP contribution in [0.4, 0.5) is 15.8 Å². The number of amides is 1. The zero-order chi connectivity index (χ0) is 13.4. The Morgan fingerprint density at radius 2 is 2.26 bits per heavy atom. The average molecular weight is 280 g/mol. The molecule has 2 atom stereocenters. The van der Waals surface area contributed by atoms with Gasteiger partial charge >= 0.3 is 0 Å². The van der Waals surface area contributed by atoms with E-state index < -0.39 is 0 Å². The molecule has 0 aliphatic carbocycles. The topological polar surface area (TPSA) is 41.1 Å². The molecule has 1 aromatic carbocycles. The molecule has 0 spiro atoms. The van der Waals surface area contributed by atoms with Gasteiger partial charge in [-0.05, 0) is 30.5 Å². The van der Waals surface area contributed by atoms with Crippen LogP contribution in [0.25, 0.3) is 0 Å². The van der Waals surface area contributed by atoms with Crippen LogP contribution in [0.15, 0.2) is 12.1 Å². The zero-order valence-electron chi connectivity index (χ0n) is 10.8. The van der Waals surface area contributed by atoms with Gasteiger partial charge in [0, 0.05) is 29.2 Å². The summed E-state index contributed by atoms with van der Waals surface area (Å²) in [5.41, 5.74) is 2.14. The normalized spacial score (nSPS) is 25.9. The summed E-state index contributed by atoms with van der Waals surface area (Å²) in [6, 6.07) is 3.59. The summed E-state index contributed by atoms with van der Waals surface area (Å²) in [5, 5.41) is 6.69. The number of aryl methyl sites for hydroxylation is 1. The van der Waals surface area contributed by atoms with Crippen molar-refractivity contribution in [1.29, 1.82) is 0 Å². The molecule has 1 fully saturated rings. The first-order valence-electron chi connectivity index (χ1n) is 6.62. The van der Waals surface area contributed by atoms with Gasteiger partial charge in [0.05, 0.1) is 5.69 Å². The molecular weight excluding hydrogens is 263 g/mol. The summed E-state index contributed by atoms with van der Waals surface area (Å²) in [6.45, 7) is 2.19. The molecule has 1 saturated heterocycles. The maximum atomic E-state index is 14.0. The second kappa shape index (κ2) is 5.04. The average Bonchev–Trinajstić information content (AvgIpc) is 2.76. The zero-order valence-corrected chi connectivity index (χ0v) is 11.6. The first kappa shape index (κ1) is 12.8. The Morgan fingerprint density at radius 1 is 1.42 bits per heavy atom. The van der Waals surface area contributed by atoms with Crippen LogP contribution in [0.1, 0.15) is 25.3 Å². The summed E-state index contributed by atoms with van der Waals surface area (Å²) in [4.78, 5) is 11.4. The fourth-order valence-corrected chi connectivity index (χ4v) is 3.80. The lowest BCUT2D eigenvalue weighted by atomic mass is 10.0. The molecule has 1 aromatic rings. The van der Waals surface area contributed by atoms with Gasteiger partial charge < -0.3 is 10.6 Å². The molecule has 0 aromatic heterocycles. The van der Waals surface area contributed by atoms with E-state index in [9.17, 15) is 9.18 Å². The number of carbonyl (C=O) groups is 1. The number of rotatable bonds is 2. The summed E-state index contributed by atoms with van der Waals surface area (Å²) >= 11 is 1.90. The smallest absolute Gasteiger partial charge is 0.224 e. The first-order chi connectivity index (χ1) is 9.11. The van der Waals surface area contributed by atoms with Crippen molar-refractivity contribution in [3.63, 3.8) is 0 Å². The number of hydrogen-bond donors (Lipinski definition) is 2. The van der Waals surface area contributed by atoms with Crippen molar-refractivity contribution in [2.75, 3.05) is 16.4 Å². The van der Waals surface area contributed by atoms with Crippen molar-refractivity contribution < 1.29 is 9.18 Å². The van der Waals surface area contributed by atoms with Crippen molar-refractivity contribution in [3.05, 3.63) is 23.5 Å². The number of thioether (sulfide) groups is 1. The third kappa shape index (κ3) is 2.71. The van der Waals surface area contributed by atoms with Crippen molar-refractivity contribution in [2.24, 2.45) is 0 Å². The van der Waals surface area contributed by atoms with E-state index in [0.717, 1.165) is 23.4 Å². The number of hydrogen-bond acceptors (Lipinski definition) is 3. The predicted molar refractivity (Wildman–Crippen MR) is 77.3 cm³/mol. The predicted octanol–water partition coefficient (Wildman–Crippen LogP) is 3.02. The molecule has 0 bridgehead atoms. The van der Waals surface area contributed by atoms with Crippen LogP contribution in [-0.2, 0) is 11.2 Å². The van der Waals surface area contributed by atoms with Crippen LogP contribution >= 0.6 is 11.8 Å². The number of anilines is 2. The monoisotopic (exact) mass is 280 g/mol. The van der Waals surface area contributed by atoms with E-state index in [0.29, 0.717) is 29.8 Å². The quantitative estimate of drug-likeness (QED) is 0.875. The van der Waals surface area contributed by atoms with Gasteiger partial charge in [-0.2, -0.15) is 11.8 Å². The Bertz CT molecular complexity index is 520. The molecule has 2 heterocycles. The highest BCUT2D eigenvalue weighted by Crippen LogP contribution is 2.32. The molecule has 5 heteroatoms. The minimum atomic E-state index is -0.223. The second-order valence-corrected chi connectivity index (χ2v) is 6.73. The van der Waals surface area contributed by atoms with Crippen LogP contribution in [0, 0.1) is 5.82 Å². The van der Waals surface area contributed by atoms with E-state index in [-0.39, 0.29) is 11.7 Å². The minimum absolute atomic E-state index is 0.00935. The SMILES string of the molecule is CC1CC(Nc2cc3c(cc2F)CCC(=O)N3)CS1. The third-order valence-electron chi connectivity index (χ3n) is 3.65. The highest BCUT2D eigenvalue weighted by Gasteiger charge is 2.24. The highest BCUT2D eigenvalue weighted by molar-refractivity contribution is 8.00. The molecule has 1 amide bonds. The van der Waals surface area contributed by atoms with E-state index in [1.54, 1.807) is 12.1 Å². The highest BCUT2D eigenvalue weighted by atomic mass is 32.2. The number of fused-ring (bicyclic) bond motifs is 1. The summed E-state index contributed by atoms with van der Waals surface area (Å²) in [7, 11) is 0. The molecule has 3 rings (SSSR count). The Hall–Kier alpha value is -1.23. The Labute approximate surface area is 116 Å². The van der Waals surface area contributed by atoms with Gasteiger partial charge in [0.2, 0.25) is 5.91 Å². The largest absolute Gasteiger partial charge is 0.379 e. The molecular formula is C14H17FN2OS. The molecule has 2 aliphatic rings. The maximum Gasteiger partial charge on any atom is 0.224 e. The molecule has 2 aliphatic heterocycles. The van der Waals surface area contributed by atoms with Crippen molar-refractivity contribution >= 4 is 29.0 Å². The van der Waals surface area contributed by atoms with Crippen molar-refractivity contribution in [1.82, 2.24) is 0 Å². The Morgan fingerprint density at radius 3 is 3.00 bits per heavy atom. The van der Waals surface area contributed by atoms with Crippen molar-refractivity contribution in [3.8, 4) is 0 Å². The van der Waals surface area contributed by atoms with Gasteiger partial charge in [0.1, 0.15) is 5.82 Å². The summed E-state index contributed by atoms with van der Waals surface area (Å²) in [5.74, 6) is 0.791. The molecule has 2 N–H and O–H groups in total. The number of halogens is 1. The number of carbonyl (C=O) groups excluding carboxylic acids is 1. The van der Waals surface area contributed by atoms with Gasteiger partial charge in [-0.15, -0.1) is 0 Å². The Kier molecular flexibility index (Phi) is 3.39. The fourth-order valence-electron chi connectivity index (χ4n) is 2.65. The van der Waals surface area contributed by atoms with Crippen LogP contribution < -0.4 is 10.6 Å². The molecule has 0 saturated carbocycles. The molecule has 3 nitrogen and oxygen atoms in total. The third-order valence-corrected chi connectivity index (χ3v) is 5.00. The molecule has 0 radical (unpaired) electrons. The lowest BCUT2D eigenvalue weighted by Gasteiger charge is -2.20. The van der Waals surface area contributed by atoms with E-state index in [2.05, 4.69) is 17.6 Å². The molecule has 102 valence electrons. The summed E-state index contributed by atoms with van der Waals surface area (Å²) < 4.78 is 14.0. The number of nitrogens with one attached hydrogen (secondary N) is 2.